The number of thiazole rings is 2. The molecule has 0 fully saturated rings. The molecule has 2 heterocycles. The predicted octanol–water partition coefficient (Wildman–Crippen LogP) is 3.31. The Bertz CT molecular complexity index is 1220. The molecular formula is C19H12F2N2O2S2. The summed E-state index contributed by atoms with van der Waals surface area (Å²) < 4.78 is 31.0. The Kier molecular flexibility index (Phi) is 4.83. The van der Waals surface area contributed by atoms with E-state index in [4.69, 9.17) is 0 Å². The molecule has 1 N–H and O–H groups in total. The lowest BCUT2D eigenvalue weighted by Crippen LogP contribution is -2.19. The number of nitrogens with one attached hydrogen (secondary N) is 1. The number of ether oxygens (including phenoxy) is 1. The fourth-order valence-electron chi connectivity index (χ4n) is 2.49. The Morgan fingerprint density at radius 1 is 1.04 bits per heavy atom. The summed E-state index contributed by atoms with van der Waals surface area (Å²) in [5.74, 6) is 0.0760. The molecule has 0 unspecified atom stereocenters. The van der Waals surface area contributed by atoms with Crippen LogP contribution >= 0.6 is 22.7 Å². The van der Waals surface area contributed by atoms with Crippen LogP contribution in [0.4, 0.5) is 8.78 Å². The molecule has 4 nitrogen and oxygen atoms in total. The maximum absolute atomic E-state index is 12.2. The first-order chi connectivity index (χ1) is 13.1. The maximum Gasteiger partial charge on any atom is 0.387 e. The van der Waals surface area contributed by atoms with E-state index in [-0.39, 0.29) is 11.3 Å². The highest BCUT2D eigenvalue weighted by Gasteiger charge is 2.04. The van der Waals surface area contributed by atoms with Crippen LogP contribution in [-0.4, -0.2) is 16.6 Å². The Balaban J connectivity index is 1.66. The van der Waals surface area contributed by atoms with Gasteiger partial charge >= 0.3 is 6.61 Å². The van der Waals surface area contributed by atoms with Gasteiger partial charge in [0.1, 0.15) is 10.8 Å². The summed E-state index contributed by atoms with van der Waals surface area (Å²) in [5.41, 5.74) is 1.43. The summed E-state index contributed by atoms with van der Waals surface area (Å²) in [4.78, 5) is 19.5. The number of halogens is 2. The van der Waals surface area contributed by atoms with Gasteiger partial charge in [0.2, 0.25) is 0 Å². The van der Waals surface area contributed by atoms with Crippen molar-refractivity contribution in [3.05, 3.63) is 78.7 Å². The normalized spacial score (nSPS) is 13.0. The van der Waals surface area contributed by atoms with Crippen LogP contribution in [0.2, 0.25) is 0 Å². The third-order valence-electron chi connectivity index (χ3n) is 3.65. The van der Waals surface area contributed by atoms with E-state index in [0.717, 1.165) is 20.8 Å². The number of aromatic amines is 1. The minimum absolute atomic E-state index is 0.0760. The molecule has 4 rings (SSSR count). The van der Waals surface area contributed by atoms with Crippen molar-refractivity contribution in [3.63, 3.8) is 0 Å². The monoisotopic (exact) mass is 402 g/mol. The molecule has 0 bridgehead atoms. The van der Waals surface area contributed by atoms with Crippen molar-refractivity contribution in [2.45, 2.75) is 6.61 Å². The SMILES string of the molecule is O=c1[nH]/c(=C\c2nc3ccccc3s2)s/c1=C\c1ccc(OC(F)F)cc1. The van der Waals surface area contributed by atoms with Crippen molar-refractivity contribution in [1.82, 2.24) is 9.97 Å². The van der Waals surface area contributed by atoms with Gasteiger partial charge in [0.15, 0.2) is 0 Å². The van der Waals surface area contributed by atoms with E-state index in [1.54, 1.807) is 29.5 Å². The second kappa shape index (κ2) is 7.42. The molecule has 8 heteroatoms. The Morgan fingerprint density at radius 3 is 2.56 bits per heavy atom. The summed E-state index contributed by atoms with van der Waals surface area (Å²) in [6.45, 7) is -2.86. The minimum Gasteiger partial charge on any atom is -0.435 e. The molecule has 0 aliphatic carbocycles. The molecule has 0 amide bonds. The standard InChI is InChI=1S/C19H12F2N2O2S2/c20-19(21)25-12-7-5-11(6-8-12)9-15-18(24)23-17(27-15)10-16-22-13-3-1-2-4-14(13)26-16/h1-10,19H,(H,23,24)/b15-9-,17-10+. The highest BCUT2D eigenvalue weighted by molar-refractivity contribution is 7.19. The average Bonchev–Trinajstić information content (AvgIpc) is 3.19. The summed E-state index contributed by atoms with van der Waals surface area (Å²) in [6, 6.07) is 14.0. The van der Waals surface area contributed by atoms with E-state index in [0.29, 0.717) is 9.20 Å². The maximum atomic E-state index is 12.2. The highest BCUT2D eigenvalue weighted by Crippen LogP contribution is 2.21. The van der Waals surface area contributed by atoms with Crippen LogP contribution in [-0.2, 0) is 0 Å². The topological polar surface area (TPSA) is 55.0 Å². The number of hydrogen-bond acceptors (Lipinski definition) is 5. The first-order valence-corrected chi connectivity index (χ1v) is 9.53. The van der Waals surface area contributed by atoms with Crippen LogP contribution in [0.5, 0.6) is 5.75 Å². The molecule has 0 atom stereocenters. The van der Waals surface area contributed by atoms with Gasteiger partial charge in [0.25, 0.3) is 5.56 Å². The van der Waals surface area contributed by atoms with Crippen molar-refractivity contribution in [1.29, 1.82) is 0 Å². The first kappa shape index (κ1) is 17.6. The zero-order chi connectivity index (χ0) is 18.8. The molecule has 2 aromatic carbocycles. The van der Waals surface area contributed by atoms with Crippen LogP contribution in [0.25, 0.3) is 22.4 Å². The summed E-state index contributed by atoms with van der Waals surface area (Å²) >= 11 is 2.86. The summed E-state index contributed by atoms with van der Waals surface area (Å²) in [5, 5.41) is 0.814. The zero-order valence-corrected chi connectivity index (χ0v) is 15.3. The van der Waals surface area contributed by atoms with E-state index < -0.39 is 6.61 Å². The van der Waals surface area contributed by atoms with E-state index in [1.165, 1.54) is 23.5 Å². The molecule has 27 heavy (non-hydrogen) atoms. The Morgan fingerprint density at radius 2 is 1.81 bits per heavy atom. The van der Waals surface area contributed by atoms with E-state index in [1.807, 2.05) is 30.3 Å². The average molecular weight is 402 g/mol. The van der Waals surface area contributed by atoms with Gasteiger partial charge in [-0.1, -0.05) is 24.3 Å². The van der Waals surface area contributed by atoms with Crippen LogP contribution in [0.15, 0.2) is 53.3 Å². The number of fused-ring (bicyclic) bond motifs is 1. The number of H-pyrrole nitrogens is 1. The lowest BCUT2D eigenvalue weighted by Gasteiger charge is -2.03. The molecule has 0 spiro atoms. The van der Waals surface area contributed by atoms with Gasteiger partial charge in [-0.15, -0.1) is 22.7 Å². The molecule has 4 aromatic rings. The van der Waals surface area contributed by atoms with Crippen molar-refractivity contribution in [2.75, 3.05) is 0 Å². The number of nitrogens with zero attached hydrogens (tertiary/aromatic N) is 1. The number of aromatic nitrogens is 2. The minimum atomic E-state index is -2.86. The molecule has 0 radical (unpaired) electrons. The fraction of sp³-hybridized carbons (Fsp3) is 0.0526. The smallest absolute Gasteiger partial charge is 0.387 e. The van der Waals surface area contributed by atoms with Crippen LogP contribution in [0.1, 0.15) is 10.6 Å². The van der Waals surface area contributed by atoms with Gasteiger partial charge in [-0.3, -0.25) is 4.79 Å². The molecule has 136 valence electrons. The number of para-hydroxylation sites is 1. The van der Waals surface area contributed by atoms with E-state index in [2.05, 4.69) is 14.7 Å². The summed E-state index contributed by atoms with van der Waals surface area (Å²) in [6.07, 6.45) is 3.54. The lowest BCUT2D eigenvalue weighted by molar-refractivity contribution is -0.0498. The molecule has 0 saturated carbocycles. The van der Waals surface area contributed by atoms with Gasteiger partial charge in [0.05, 0.1) is 19.4 Å². The number of rotatable bonds is 4. The fourth-order valence-corrected chi connectivity index (χ4v) is 4.36. The zero-order valence-electron chi connectivity index (χ0n) is 13.7. The van der Waals surface area contributed by atoms with Gasteiger partial charge in [-0.25, -0.2) is 4.98 Å². The second-order valence-corrected chi connectivity index (χ2v) is 7.69. The first-order valence-electron chi connectivity index (χ1n) is 7.90. The number of benzene rings is 2. The van der Waals surface area contributed by atoms with E-state index in [9.17, 15) is 13.6 Å². The van der Waals surface area contributed by atoms with Gasteiger partial charge in [0, 0.05) is 6.08 Å². The Labute approximate surface area is 159 Å². The van der Waals surface area contributed by atoms with Gasteiger partial charge < -0.3 is 9.72 Å². The molecule has 0 aliphatic heterocycles. The van der Waals surface area contributed by atoms with Crippen LogP contribution < -0.4 is 19.5 Å². The lowest BCUT2D eigenvalue weighted by atomic mass is 10.2. The molecule has 0 aliphatic rings. The Hall–Kier alpha value is -2.84. The third kappa shape index (κ3) is 4.12. The third-order valence-corrected chi connectivity index (χ3v) is 5.59. The van der Waals surface area contributed by atoms with E-state index >= 15 is 0 Å². The quantitative estimate of drug-likeness (QED) is 0.570. The second-order valence-electron chi connectivity index (χ2n) is 5.54. The van der Waals surface area contributed by atoms with Gasteiger partial charge in [-0.05, 0) is 35.9 Å². The van der Waals surface area contributed by atoms with Crippen molar-refractivity contribution < 1.29 is 13.5 Å². The predicted molar refractivity (Wildman–Crippen MR) is 104 cm³/mol. The molecular weight excluding hydrogens is 390 g/mol. The van der Waals surface area contributed by atoms with Crippen molar-refractivity contribution >= 4 is 45.0 Å². The van der Waals surface area contributed by atoms with Gasteiger partial charge in [-0.2, -0.15) is 8.78 Å². The molecule has 0 saturated heterocycles. The van der Waals surface area contributed by atoms with Crippen LogP contribution in [0.3, 0.4) is 0 Å². The van der Waals surface area contributed by atoms with Crippen molar-refractivity contribution in [2.24, 2.45) is 0 Å². The van der Waals surface area contributed by atoms with Crippen LogP contribution in [0, 0.1) is 0 Å². The summed E-state index contributed by atoms with van der Waals surface area (Å²) in [7, 11) is 0. The highest BCUT2D eigenvalue weighted by atomic mass is 32.1. The number of alkyl halides is 2. The molecule has 2 aromatic heterocycles. The van der Waals surface area contributed by atoms with Crippen molar-refractivity contribution in [3.8, 4) is 5.75 Å². The number of hydrogen-bond donors (Lipinski definition) is 1. The largest absolute Gasteiger partial charge is 0.435 e.